The number of benzene rings is 2. The van der Waals surface area contributed by atoms with E-state index in [0.29, 0.717) is 16.8 Å². The van der Waals surface area contributed by atoms with Gasteiger partial charge in [-0.3, -0.25) is 4.79 Å². The van der Waals surface area contributed by atoms with E-state index in [-0.39, 0.29) is 24.4 Å². The minimum absolute atomic E-state index is 0.123. The first-order valence-corrected chi connectivity index (χ1v) is 10.3. The van der Waals surface area contributed by atoms with Crippen LogP contribution in [-0.4, -0.2) is 29.7 Å². The van der Waals surface area contributed by atoms with Gasteiger partial charge < -0.3 is 20.7 Å². The Morgan fingerprint density at radius 2 is 1.79 bits per heavy atom. The molecule has 0 radical (unpaired) electrons. The van der Waals surface area contributed by atoms with Crippen LogP contribution in [0.25, 0.3) is 0 Å². The number of hydrogen-bond donors (Lipinski definition) is 3. The number of ether oxygens (including phenoxy) is 1. The minimum atomic E-state index is -4.44. The summed E-state index contributed by atoms with van der Waals surface area (Å²) < 4.78 is 41.1. The van der Waals surface area contributed by atoms with E-state index in [4.69, 9.17) is 0 Å². The summed E-state index contributed by atoms with van der Waals surface area (Å²) in [5.74, 6) is -0.391. The molecule has 3 N–H and O–H groups in total. The number of amides is 3. The Bertz CT molecular complexity index is 1110. The van der Waals surface area contributed by atoms with Crippen LogP contribution in [0.15, 0.2) is 72.9 Å². The largest absolute Gasteiger partial charge is 0.468 e. The van der Waals surface area contributed by atoms with E-state index in [2.05, 4.69) is 25.7 Å². The maximum atomic E-state index is 12.3. The zero-order valence-electron chi connectivity index (χ0n) is 18.2. The molecule has 1 atom stereocenters. The van der Waals surface area contributed by atoms with Crippen molar-refractivity contribution in [2.75, 3.05) is 11.9 Å². The zero-order valence-corrected chi connectivity index (χ0v) is 18.2. The van der Waals surface area contributed by atoms with Gasteiger partial charge >= 0.3 is 12.2 Å². The number of nitrogens with zero attached hydrogens (tertiary/aromatic N) is 1. The fourth-order valence-corrected chi connectivity index (χ4v) is 2.95. The Morgan fingerprint density at radius 3 is 2.47 bits per heavy atom. The lowest BCUT2D eigenvalue weighted by molar-refractivity contribution is -0.154. The number of carbonyl (C=O) groups excluding carboxylic acids is 2. The van der Waals surface area contributed by atoms with Crippen LogP contribution in [0.2, 0.25) is 0 Å². The predicted octanol–water partition coefficient (Wildman–Crippen LogP) is 4.84. The molecule has 1 aromatic heterocycles. The molecular weight excluding hydrogens is 449 g/mol. The number of carbonyl (C=O) groups is 2. The van der Waals surface area contributed by atoms with Gasteiger partial charge in [0.25, 0.3) is 5.91 Å². The second kappa shape index (κ2) is 11.2. The van der Waals surface area contributed by atoms with E-state index in [1.165, 1.54) is 18.3 Å². The third-order valence-corrected chi connectivity index (χ3v) is 4.66. The fraction of sp³-hybridized carbons (Fsp3) is 0.208. The first kappa shape index (κ1) is 24.6. The van der Waals surface area contributed by atoms with Crippen molar-refractivity contribution in [3.8, 4) is 5.88 Å². The second-order valence-electron chi connectivity index (χ2n) is 7.40. The number of halogens is 3. The quantitative estimate of drug-likeness (QED) is 0.438. The van der Waals surface area contributed by atoms with Crippen molar-refractivity contribution in [3.63, 3.8) is 0 Å². The monoisotopic (exact) mass is 472 g/mol. The Morgan fingerprint density at radius 1 is 1.03 bits per heavy atom. The van der Waals surface area contributed by atoms with E-state index < -0.39 is 18.8 Å². The van der Waals surface area contributed by atoms with Crippen LogP contribution in [0.5, 0.6) is 5.88 Å². The molecule has 0 spiro atoms. The molecule has 0 saturated carbocycles. The molecule has 0 fully saturated rings. The molecule has 3 aromatic rings. The Balaban J connectivity index is 1.49. The molecule has 0 aliphatic rings. The van der Waals surface area contributed by atoms with Gasteiger partial charge in [0.15, 0.2) is 6.61 Å². The van der Waals surface area contributed by atoms with Crippen molar-refractivity contribution in [3.05, 3.63) is 89.6 Å². The Labute approximate surface area is 194 Å². The molecule has 1 unspecified atom stereocenters. The number of hydrogen-bond acceptors (Lipinski definition) is 4. The molecular formula is C24H23F3N4O3. The van der Waals surface area contributed by atoms with Crippen LogP contribution in [0.1, 0.15) is 34.5 Å². The number of nitrogens with one attached hydrogen (secondary N) is 3. The highest BCUT2D eigenvalue weighted by atomic mass is 19.4. The molecule has 2 aromatic carbocycles. The molecule has 1 heterocycles. The standard InChI is InChI=1S/C24H23F3N4O3/c1-16(19-8-5-9-20(12-19)31-22(32)18-6-3-2-4-7-18)30-23(33)29-14-17-10-11-21(28-13-17)34-15-24(25,26)27/h2-13,16H,14-15H2,1H3,(H,31,32)(H2,29,30,33). The van der Waals surface area contributed by atoms with Crippen molar-refractivity contribution in [2.45, 2.75) is 25.7 Å². The molecule has 0 aliphatic carbocycles. The van der Waals surface area contributed by atoms with E-state index in [0.717, 1.165) is 5.56 Å². The van der Waals surface area contributed by atoms with E-state index >= 15 is 0 Å². The summed E-state index contributed by atoms with van der Waals surface area (Å²) in [6.07, 6.45) is -3.11. The van der Waals surface area contributed by atoms with Gasteiger partial charge in [-0.2, -0.15) is 13.2 Å². The van der Waals surface area contributed by atoms with Crippen molar-refractivity contribution in [1.82, 2.24) is 15.6 Å². The number of urea groups is 1. The molecule has 34 heavy (non-hydrogen) atoms. The number of aromatic nitrogens is 1. The lowest BCUT2D eigenvalue weighted by Crippen LogP contribution is -2.36. The number of anilines is 1. The Hall–Kier alpha value is -4.08. The topological polar surface area (TPSA) is 92.3 Å². The zero-order chi connectivity index (χ0) is 24.6. The lowest BCUT2D eigenvalue weighted by Gasteiger charge is -2.16. The summed E-state index contributed by atoms with van der Waals surface area (Å²) in [4.78, 5) is 28.4. The average molecular weight is 472 g/mol. The summed E-state index contributed by atoms with van der Waals surface area (Å²) in [6, 6.07) is 18.0. The van der Waals surface area contributed by atoms with Crippen LogP contribution in [0.3, 0.4) is 0 Å². The summed E-state index contributed by atoms with van der Waals surface area (Å²) in [5.41, 5.74) is 2.51. The molecule has 0 saturated heterocycles. The molecule has 3 amide bonds. The van der Waals surface area contributed by atoms with Gasteiger partial charge in [-0.15, -0.1) is 0 Å². The van der Waals surface area contributed by atoms with Gasteiger partial charge in [0.05, 0.1) is 6.04 Å². The van der Waals surface area contributed by atoms with Crippen molar-refractivity contribution in [1.29, 1.82) is 0 Å². The maximum absolute atomic E-state index is 12.3. The smallest absolute Gasteiger partial charge is 0.422 e. The van der Waals surface area contributed by atoms with Crippen molar-refractivity contribution in [2.24, 2.45) is 0 Å². The number of pyridine rings is 1. The molecule has 10 heteroatoms. The summed E-state index contributed by atoms with van der Waals surface area (Å²) in [5, 5.41) is 8.29. The first-order valence-electron chi connectivity index (χ1n) is 10.3. The molecule has 3 rings (SSSR count). The van der Waals surface area contributed by atoms with Crippen LogP contribution < -0.4 is 20.7 Å². The van der Waals surface area contributed by atoms with Gasteiger partial charge in [-0.05, 0) is 42.3 Å². The van der Waals surface area contributed by atoms with E-state index in [1.54, 1.807) is 49.4 Å². The highest BCUT2D eigenvalue weighted by Crippen LogP contribution is 2.19. The van der Waals surface area contributed by atoms with Crippen LogP contribution in [-0.2, 0) is 6.54 Å². The average Bonchev–Trinajstić information content (AvgIpc) is 2.82. The number of rotatable bonds is 8. The molecule has 0 bridgehead atoms. The van der Waals surface area contributed by atoms with Crippen molar-refractivity contribution < 1.29 is 27.5 Å². The highest BCUT2D eigenvalue weighted by Gasteiger charge is 2.28. The van der Waals surface area contributed by atoms with Gasteiger partial charge in [0, 0.05) is 30.1 Å². The lowest BCUT2D eigenvalue weighted by atomic mass is 10.1. The molecule has 7 nitrogen and oxygen atoms in total. The Kier molecular flexibility index (Phi) is 8.07. The maximum Gasteiger partial charge on any atom is 0.422 e. The van der Waals surface area contributed by atoms with E-state index in [9.17, 15) is 22.8 Å². The molecule has 0 aliphatic heterocycles. The predicted molar refractivity (Wildman–Crippen MR) is 120 cm³/mol. The van der Waals surface area contributed by atoms with Crippen LogP contribution in [0.4, 0.5) is 23.7 Å². The van der Waals surface area contributed by atoms with Gasteiger partial charge in [0.1, 0.15) is 0 Å². The normalized spacial score (nSPS) is 11.9. The first-order chi connectivity index (χ1) is 16.2. The summed E-state index contributed by atoms with van der Waals surface area (Å²) in [6.45, 7) is 0.499. The van der Waals surface area contributed by atoms with E-state index in [1.807, 2.05) is 12.1 Å². The third-order valence-electron chi connectivity index (χ3n) is 4.66. The van der Waals surface area contributed by atoms with Crippen LogP contribution >= 0.6 is 0 Å². The van der Waals surface area contributed by atoms with Crippen molar-refractivity contribution >= 4 is 17.6 Å². The number of alkyl halides is 3. The summed E-state index contributed by atoms with van der Waals surface area (Å²) in [7, 11) is 0. The van der Waals surface area contributed by atoms with Gasteiger partial charge in [-0.1, -0.05) is 36.4 Å². The van der Waals surface area contributed by atoms with Gasteiger partial charge in [-0.25, -0.2) is 9.78 Å². The second-order valence-corrected chi connectivity index (χ2v) is 7.40. The highest BCUT2D eigenvalue weighted by molar-refractivity contribution is 6.04. The fourth-order valence-electron chi connectivity index (χ4n) is 2.95. The third kappa shape index (κ3) is 7.80. The van der Waals surface area contributed by atoms with Crippen LogP contribution in [0, 0.1) is 0 Å². The van der Waals surface area contributed by atoms with Gasteiger partial charge in [0.2, 0.25) is 5.88 Å². The summed E-state index contributed by atoms with van der Waals surface area (Å²) >= 11 is 0. The molecule has 178 valence electrons. The SMILES string of the molecule is CC(NC(=O)NCc1ccc(OCC(F)(F)F)nc1)c1cccc(NC(=O)c2ccccc2)c1. The minimum Gasteiger partial charge on any atom is -0.468 e.